The minimum absolute atomic E-state index is 0. The van der Waals surface area contributed by atoms with E-state index < -0.39 is 5.97 Å². The Bertz CT molecular complexity index is 83.7. The molecule has 0 amide bonds. The predicted octanol–water partition coefficient (Wildman–Crippen LogP) is 1.39. The van der Waals surface area contributed by atoms with Crippen LogP contribution in [0.4, 0.5) is 0 Å². The fourth-order valence-electron chi connectivity index (χ4n) is 0.703. The summed E-state index contributed by atoms with van der Waals surface area (Å²) in [6, 6.07) is 0. The van der Waals surface area contributed by atoms with Crippen LogP contribution in [0.3, 0.4) is 0 Å². The fraction of sp³-hybridized carbons (Fsp3) is 0.857. The topological polar surface area (TPSA) is 37.3 Å². The van der Waals surface area contributed by atoms with Crippen LogP contribution < -0.4 is 0 Å². The van der Waals surface area contributed by atoms with Gasteiger partial charge in [-0.25, -0.2) is 0 Å². The van der Waals surface area contributed by atoms with Crippen LogP contribution >= 0.6 is 0 Å². The van der Waals surface area contributed by atoms with Crippen molar-refractivity contribution in [2.24, 2.45) is 0 Å². The Morgan fingerprint density at radius 3 is 2.30 bits per heavy atom. The minimum atomic E-state index is -0.675. The van der Waals surface area contributed by atoms with Gasteiger partial charge in [0.2, 0.25) is 0 Å². The molecule has 0 bridgehead atoms. The standard InChI is InChI=1S/C7H14O2.Li.H/c1-2-3-4-5-6-7(8)9;;/h2-6H2,1H3,(H,8,9);;. The van der Waals surface area contributed by atoms with Crippen molar-refractivity contribution in [2.45, 2.75) is 39.0 Å². The van der Waals surface area contributed by atoms with Crippen molar-refractivity contribution in [3.05, 3.63) is 0 Å². The summed E-state index contributed by atoms with van der Waals surface area (Å²) < 4.78 is 0. The van der Waals surface area contributed by atoms with Crippen LogP contribution in [0.15, 0.2) is 0 Å². The average Bonchev–Trinajstić information content (AvgIpc) is 1.80. The molecular weight excluding hydrogens is 123 g/mol. The van der Waals surface area contributed by atoms with E-state index in [9.17, 15) is 4.79 Å². The molecule has 0 radical (unpaired) electrons. The normalized spacial score (nSPS) is 8.50. The van der Waals surface area contributed by atoms with Gasteiger partial charge in [0.15, 0.2) is 0 Å². The summed E-state index contributed by atoms with van der Waals surface area (Å²) in [5.41, 5.74) is 0. The van der Waals surface area contributed by atoms with Crippen LogP contribution in [0, 0.1) is 0 Å². The molecule has 0 aliphatic carbocycles. The van der Waals surface area contributed by atoms with Gasteiger partial charge in [-0.05, 0) is 6.42 Å². The Morgan fingerprint density at radius 2 is 1.90 bits per heavy atom. The molecule has 0 aliphatic rings. The van der Waals surface area contributed by atoms with Gasteiger partial charge in [0.05, 0.1) is 0 Å². The van der Waals surface area contributed by atoms with Crippen molar-refractivity contribution in [1.82, 2.24) is 0 Å². The molecule has 0 aromatic rings. The molecule has 2 nitrogen and oxygen atoms in total. The Labute approximate surface area is 74.2 Å². The number of hydrogen-bond donors (Lipinski definition) is 1. The van der Waals surface area contributed by atoms with Crippen LogP contribution in [-0.2, 0) is 4.79 Å². The number of carboxylic acid groups (broad SMARTS) is 1. The molecule has 3 heteroatoms. The van der Waals surface area contributed by atoms with Crippen molar-refractivity contribution in [1.29, 1.82) is 0 Å². The van der Waals surface area contributed by atoms with Gasteiger partial charge in [0.25, 0.3) is 0 Å². The molecule has 1 N–H and O–H groups in total. The second-order valence-electron chi connectivity index (χ2n) is 2.20. The summed E-state index contributed by atoms with van der Waals surface area (Å²) >= 11 is 0. The van der Waals surface area contributed by atoms with Crippen LogP contribution in [0.1, 0.15) is 39.0 Å². The van der Waals surface area contributed by atoms with Crippen molar-refractivity contribution in [2.75, 3.05) is 0 Å². The summed E-state index contributed by atoms with van der Waals surface area (Å²) in [6.45, 7) is 2.11. The van der Waals surface area contributed by atoms with E-state index in [-0.39, 0.29) is 18.9 Å². The molecule has 0 rings (SSSR count). The van der Waals surface area contributed by atoms with Gasteiger partial charge in [0, 0.05) is 6.42 Å². The molecule has 0 heterocycles. The molecule has 0 aromatic carbocycles. The molecule has 0 unspecified atom stereocenters. The first kappa shape index (κ1) is 12.7. The van der Waals surface area contributed by atoms with Crippen LogP contribution in [0.25, 0.3) is 0 Å². The summed E-state index contributed by atoms with van der Waals surface area (Å²) in [7, 11) is 0. The van der Waals surface area contributed by atoms with E-state index in [0.717, 1.165) is 19.3 Å². The monoisotopic (exact) mass is 138 g/mol. The van der Waals surface area contributed by atoms with Gasteiger partial charge in [-0.2, -0.15) is 0 Å². The third-order valence-corrected chi connectivity index (χ3v) is 1.24. The van der Waals surface area contributed by atoms with E-state index in [4.69, 9.17) is 5.11 Å². The summed E-state index contributed by atoms with van der Waals surface area (Å²) in [6.07, 6.45) is 4.55. The zero-order valence-electron chi connectivity index (χ0n) is 5.89. The number of aliphatic carboxylic acids is 1. The number of rotatable bonds is 5. The SMILES string of the molecule is CCCCCCC(=O)O.[LiH]. The zero-order valence-corrected chi connectivity index (χ0v) is 5.89. The van der Waals surface area contributed by atoms with Crippen LogP contribution in [-0.4, -0.2) is 29.9 Å². The Balaban J connectivity index is 0. The number of hydrogen-bond acceptors (Lipinski definition) is 1. The first-order valence-electron chi connectivity index (χ1n) is 3.49. The third-order valence-electron chi connectivity index (χ3n) is 1.24. The second kappa shape index (κ2) is 9.07. The Kier molecular flexibility index (Phi) is 11.5. The molecule has 0 saturated heterocycles. The van der Waals surface area contributed by atoms with Gasteiger partial charge in [0.1, 0.15) is 0 Å². The van der Waals surface area contributed by atoms with Gasteiger partial charge < -0.3 is 5.11 Å². The third kappa shape index (κ3) is 10.9. The van der Waals surface area contributed by atoms with Crippen molar-refractivity contribution in [3.63, 3.8) is 0 Å². The summed E-state index contributed by atoms with van der Waals surface area (Å²) in [4.78, 5) is 9.96. The van der Waals surface area contributed by atoms with E-state index in [1.54, 1.807) is 0 Å². The van der Waals surface area contributed by atoms with E-state index in [1.807, 2.05) is 0 Å². The van der Waals surface area contributed by atoms with E-state index >= 15 is 0 Å². The van der Waals surface area contributed by atoms with E-state index in [0.29, 0.717) is 6.42 Å². The fourth-order valence-corrected chi connectivity index (χ4v) is 0.703. The number of unbranched alkanes of at least 4 members (excludes halogenated alkanes) is 3. The molecule has 0 aliphatic heterocycles. The molecule has 56 valence electrons. The van der Waals surface area contributed by atoms with Gasteiger partial charge in [-0.1, -0.05) is 26.2 Å². The summed E-state index contributed by atoms with van der Waals surface area (Å²) in [5, 5.41) is 8.21. The first-order valence-corrected chi connectivity index (χ1v) is 3.49. The second-order valence-corrected chi connectivity index (χ2v) is 2.20. The van der Waals surface area contributed by atoms with Crippen LogP contribution in [0.5, 0.6) is 0 Å². The molecule has 0 atom stereocenters. The van der Waals surface area contributed by atoms with Gasteiger partial charge >= 0.3 is 24.8 Å². The number of carboxylic acids is 1. The quantitative estimate of drug-likeness (QED) is 0.460. The molecule has 0 spiro atoms. The molecule has 0 fully saturated rings. The van der Waals surface area contributed by atoms with Gasteiger partial charge in [-0.15, -0.1) is 0 Å². The zero-order chi connectivity index (χ0) is 7.11. The molecule has 10 heavy (non-hydrogen) atoms. The maximum atomic E-state index is 9.96. The van der Waals surface area contributed by atoms with E-state index in [1.165, 1.54) is 6.42 Å². The van der Waals surface area contributed by atoms with Crippen LogP contribution in [0.2, 0.25) is 0 Å². The number of carbonyl (C=O) groups is 1. The Morgan fingerprint density at radius 1 is 1.30 bits per heavy atom. The van der Waals surface area contributed by atoms with Crippen molar-refractivity contribution in [3.8, 4) is 0 Å². The molecule has 0 saturated carbocycles. The Hall–Kier alpha value is 0.0674. The van der Waals surface area contributed by atoms with Crippen molar-refractivity contribution >= 4 is 24.8 Å². The predicted molar refractivity (Wildman–Crippen MR) is 43.5 cm³/mol. The van der Waals surface area contributed by atoms with Crippen molar-refractivity contribution < 1.29 is 9.90 Å². The molecule has 0 aromatic heterocycles. The molecular formula is C7H15LiO2. The van der Waals surface area contributed by atoms with E-state index in [2.05, 4.69) is 6.92 Å². The maximum absolute atomic E-state index is 9.96. The first-order chi connectivity index (χ1) is 4.27. The summed E-state index contributed by atoms with van der Waals surface area (Å²) in [5.74, 6) is -0.675. The average molecular weight is 138 g/mol. The van der Waals surface area contributed by atoms with Gasteiger partial charge in [-0.3, -0.25) is 4.79 Å².